The number of amides is 1. The Morgan fingerprint density at radius 2 is 2.08 bits per heavy atom. The van der Waals surface area contributed by atoms with E-state index in [0.29, 0.717) is 22.9 Å². The zero-order chi connectivity index (χ0) is 18.4. The summed E-state index contributed by atoms with van der Waals surface area (Å²) in [5, 5.41) is 0. The highest BCUT2D eigenvalue weighted by Crippen LogP contribution is 2.33. The fourth-order valence-electron chi connectivity index (χ4n) is 2.38. The summed E-state index contributed by atoms with van der Waals surface area (Å²) in [4.78, 5) is 16.4. The molecule has 2 aromatic rings. The molecule has 0 aliphatic heterocycles. The van der Waals surface area contributed by atoms with Gasteiger partial charge in [0, 0.05) is 12.2 Å². The van der Waals surface area contributed by atoms with E-state index in [1.165, 1.54) is 0 Å². The fraction of sp³-hybridized carbons (Fsp3) is 0.375. The monoisotopic (exact) mass is 392 g/mol. The fourth-order valence-corrected chi connectivity index (χ4v) is 3.56. The predicted molar refractivity (Wildman–Crippen MR) is 86.1 cm³/mol. The highest BCUT2D eigenvalue weighted by molar-refractivity contribution is 7.13. The van der Waals surface area contributed by atoms with Crippen LogP contribution in [0.15, 0.2) is 23.2 Å². The van der Waals surface area contributed by atoms with Crippen LogP contribution < -0.4 is 4.80 Å². The van der Waals surface area contributed by atoms with Crippen LogP contribution in [-0.4, -0.2) is 10.5 Å². The van der Waals surface area contributed by atoms with E-state index in [1.54, 1.807) is 11.5 Å². The summed E-state index contributed by atoms with van der Waals surface area (Å²) in [6, 6.07) is 2.56. The van der Waals surface area contributed by atoms with Gasteiger partial charge in [0.25, 0.3) is 5.91 Å². The quantitative estimate of drug-likeness (QED) is 0.689. The van der Waals surface area contributed by atoms with Crippen LogP contribution in [0.1, 0.15) is 34.5 Å². The third-order valence-electron chi connectivity index (χ3n) is 3.97. The second-order valence-electron chi connectivity index (χ2n) is 5.88. The van der Waals surface area contributed by atoms with Crippen LogP contribution in [0.2, 0.25) is 4.34 Å². The van der Waals surface area contributed by atoms with Gasteiger partial charge in [0.05, 0.1) is 11.1 Å². The van der Waals surface area contributed by atoms with Gasteiger partial charge in [0.1, 0.15) is 10.2 Å². The van der Waals surface area contributed by atoms with Gasteiger partial charge < -0.3 is 4.57 Å². The molecule has 1 aromatic heterocycles. The number of nitrogens with zero attached hydrogens (tertiary/aromatic N) is 2. The maximum absolute atomic E-state index is 14.1. The largest absolute Gasteiger partial charge is 0.419 e. The van der Waals surface area contributed by atoms with Crippen LogP contribution in [0.4, 0.5) is 17.6 Å². The van der Waals surface area contributed by atoms with E-state index in [9.17, 15) is 22.4 Å². The molecule has 0 radical (unpaired) electrons. The first-order chi connectivity index (χ1) is 11.7. The maximum Gasteiger partial charge on any atom is 0.419 e. The number of alkyl halides is 3. The number of aromatic nitrogens is 1. The molecule has 1 aromatic carbocycles. The molecule has 0 saturated heterocycles. The van der Waals surface area contributed by atoms with Crippen LogP contribution in [0.5, 0.6) is 0 Å². The predicted octanol–water partition coefficient (Wildman–Crippen LogP) is 4.82. The number of hydrogen-bond donors (Lipinski definition) is 0. The summed E-state index contributed by atoms with van der Waals surface area (Å²) in [5.74, 6) is -2.20. The van der Waals surface area contributed by atoms with E-state index in [-0.39, 0.29) is 4.80 Å². The first-order valence-corrected chi connectivity index (χ1v) is 8.68. The zero-order valence-corrected chi connectivity index (χ0v) is 14.6. The van der Waals surface area contributed by atoms with Crippen molar-refractivity contribution in [2.45, 2.75) is 32.5 Å². The number of benzene rings is 1. The van der Waals surface area contributed by atoms with E-state index >= 15 is 0 Å². The molecule has 1 saturated carbocycles. The zero-order valence-electron chi connectivity index (χ0n) is 13.0. The molecule has 3 rings (SSSR count). The molecule has 0 spiro atoms. The van der Waals surface area contributed by atoms with Crippen molar-refractivity contribution in [1.29, 1.82) is 0 Å². The van der Waals surface area contributed by atoms with Gasteiger partial charge in [0.2, 0.25) is 0 Å². The molecule has 25 heavy (non-hydrogen) atoms. The molecule has 0 unspecified atom stereocenters. The van der Waals surface area contributed by atoms with Gasteiger partial charge in [-0.3, -0.25) is 4.79 Å². The topological polar surface area (TPSA) is 34.4 Å². The average molecular weight is 393 g/mol. The number of carbonyl (C=O) groups is 1. The maximum atomic E-state index is 14.1. The number of halogens is 5. The first-order valence-electron chi connectivity index (χ1n) is 7.49. The molecule has 0 bridgehead atoms. The van der Waals surface area contributed by atoms with Gasteiger partial charge in [0.15, 0.2) is 4.80 Å². The molecular weight excluding hydrogens is 380 g/mol. The Kier molecular flexibility index (Phi) is 4.76. The summed E-state index contributed by atoms with van der Waals surface area (Å²) in [7, 11) is 0. The molecule has 0 N–H and O–H groups in total. The van der Waals surface area contributed by atoms with Crippen molar-refractivity contribution in [3.05, 3.63) is 50.0 Å². The van der Waals surface area contributed by atoms with Gasteiger partial charge in [-0.05, 0) is 37.8 Å². The normalized spacial score (nSPS) is 15.7. The number of hydrogen-bond acceptors (Lipinski definition) is 2. The smallest absolute Gasteiger partial charge is 0.319 e. The lowest BCUT2D eigenvalue weighted by Gasteiger charge is -2.09. The molecule has 134 valence electrons. The Morgan fingerprint density at radius 1 is 1.40 bits per heavy atom. The van der Waals surface area contributed by atoms with Crippen molar-refractivity contribution in [2.75, 3.05) is 0 Å². The van der Waals surface area contributed by atoms with Crippen molar-refractivity contribution in [2.24, 2.45) is 10.9 Å². The lowest BCUT2D eigenvalue weighted by Crippen LogP contribution is -2.20. The van der Waals surface area contributed by atoms with Crippen molar-refractivity contribution < 1.29 is 22.4 Å². The minimum atomic E-state index is -4.88. The Balaban J connectivity index is 2.03. The molecule has 1 aliphatic rings. The molecule has 1 amide bonds. The highest BCUT2D eigenvalue weighted by atomic mass is 35.5. The summed E-state index contributed by atoms with van der Waals surface area (Å²) in [5.41, 5.74) is -1.47. The minimum Gasteiger partial charge on any atom is -0.319 e. The van der Waals surface area contributed by atoms with Crippen molar-refractivity contribution >= 4 is 28.8 Å². The average Bonchev–Trinajstić information content (AvgIpc) is 3.30. The Labute approximate surface area is 149 Å². The Bertz CT molecular complexity index is 897. The van der Waals surface area contributed by atoms with Crippen LogP contribution in [0, 0.1) is 18.7 Å². The molecule has 1 fully saturated rings. The lowest BCUT2D eigenvalue weighted by atomic mass is 10.1. The number of carbonyl (C=O) groups excluding carboxylic acids is 1. The second kappa shape index (κ2) is 6.57. The van der Waals surface area contributed by atoms with Crippen LogP contribution in [-0.2, 0) is 12.7 Å². The third kappa shape index (κ3) is 3.79. The van der Waals surface area contributed by atoms with Crippen LogP contribution >= 0.6 is 22.9 Å². The molecule has 3 nitrogen and oxygen atoms in total. The molecule has 0 atom stereocenters. The van der Waals surface area contributed by atoms with Crippen molar-refractivity contribution in [3.63, 3.8) is 0 Å². The van der Waals surface area contributed by atoms with Crippen LogP contribution in [0.25, 0.3) is 0 Å². The van der Waals surface area contributed by atoms with E-state index in [0.717, 1.165) is 42.0 Å². The lowest BCUT2D eigenvalue weighted by molar-refractivity contribution is -0.140. The summed E-state index contributed by atoms with van der Waals surface area (Å²) in [6.45, 7) is 2.40. The van der Waals surface area contributed by atoms with Crippen molar-refractivity contribution in [1.82, 2.24) is 4.57 Å². The third-order valence-corrected chi connectivity index (χ3v) is 5.44. The Hall–Kier alpha value is -1.67. The standard InChI is InChI=1S/C16H13ClF4N2OS/c1-8-13(17)25-15(23(8)7-9-5-6-9)22-14(24)10-3-2-4-11(12(10)18)16(19,20)21/h2-4,9H,5-7H2,1H3/b22-15-. The minimum absolute atomic E-state index is 0.260. The van der Waals surface area contributed by atoms with E-state index in [1.807, 2.05) is 0 Å². The van der Waals surface area contributed by atoms with Crippen molar-refractivity contribution in [3.8, 4) is 0 Å². The molecular formula is C16H13ClF4N2OS. The number of thiazole rings is 1. The highest BCUT2D eigenvalue weighted by Gasteiger charge is 2.35. The van der Waals surface area contributed by atoms with E-state index in [2.05, 4.69) is 4.99 Å². The van der Waals surface area contributed by atoms with E-state index in [4.69, 9.17) is 11.6 Å². The summed E-state index contributed by atoms with van der Waals surface area (Å²) < 4.78 is 54.7. The summed E-state index contributed by atoms with van der Waals surface area (Å²) in [6.07, 6.45) is -2.75. The van der Waals surface area contributed by atoms with Gasteiger partial charge in [-0.2, -0.15) is 18.2 Å². The van der Waals surface area contributed by atoms with E-state index < -0.39 is 29.0 Å². The molecule has 9 heteroatoms. The molecule has 1 aliphatic carbocycles. The van der Waals surface area contributed by atoms with Gasteiger partial charge in [-0.15, -0.1) is 0 Å². The molecule has 1 heterocycles. The Morgan fingerprint density at radius 3 is 2.68 bits per heavy atom. The summed E-state index contributed by atoms with van der Waals surface area (Å²) >= 11 is 7.13. The van der Waals surface area contributed by atoms with Gasteiger partial charge in [-0.1, -0.05) is 29.0 Å². The first kappa shape index (κ1) is 18.1. The number of rotatable bonds is 3. The second-order valence-corrected chi connectivity index (χ2v) is 7.46. The van der Waals surface area contributed by atoms with Gasteiger partial charge in [-0.25, -0.2) is 4.39 Å². The van der Waals surface area contributed by atoms with Gasteiger partial charge >= 0.3 is 6.18 Å². The van der Waals surface area contributed by atoms with Crippen LogP contribution in [0.3, 0.4) is 0 Å². The SMILES string of the molecule is Cc1c(Cl)s/c(=N\C(=O)c2cccc(C(F)(F)F)c2F)n1CC1CC1.